The Balaban J connectivity index is 1.09. The van der Waals surface area contributed by atoms with Crippen LogP contribution in [0.15, 0.2) is 182 Å². The highest BCUT2D eigenvalue weighted by Crippen LogP contribution is 2.50. The van der Waals surface area contributed by atoms with E-state index in [0.29, 0.717) is 0 Å². The molecular weight excluding hydrogens is 641 g/mol. The molecule has 0 N–H and O–H groups in total. The van der Waals surface area contributed by atoms with Crippen molar-refractivity contribution in [2.24, 2.45) is 0 Å². The van der Waals surface area contributed by atoms with Crippen LogP contribution < -0.4 is 0 Å². The minimum atomic E-state index is -0.0651. The lowest BCUT2D eigenvalue weighted by molar-refractivity contribution is 0.660. The molecule has 0 spiro atoms. The second-order valence-corrected chi connectivity index (χ2v) is 15.0. The number of para-hydroxylation sites is 2. The fourth-order valence-electron chi connectivity index (χ4n) is 9.22. The van der Waals surface area contributed by atoms with Crippen molar-refractivity contribution in [2.45, 2.75) is 19.3 Å². The third kappa shape index (κ3) is 4.33. The first-order valence-electron chi connectivity index (χ1n) is 18.5. The molecule has 0 atom stereocenters. The molecule has 2 nitrogen and oxygen atoms in total. The number of fused-ring (bicyclic) bond motifs is 9. The van der Waals surface area contributed by atoms with Gasteiger partial charge in [0.2, 0.25) is 0 Å². The van der Waals surface area contributed by atoms with Gasteiger partial charge < -0.3 is 9.13 Å². The second kappa shape index (κ2) is 11.2. The summed E-state index contributed by atoms with van der Waals surface area (Å²) < 4.78 is 4.88. The van der Waals surface area contributed by atoms with Crippen LogP contribution in [0.4, 0.5) is 0 Å². The summed E-state index contributed by atoms with van der Waals surface area (Å²) in [7, 11) is 0. The first kappa shape index (κ1) is 30.0. The van der Waals surface area contributed by atoms with E-state index >= 15 is 0 Å². The molecule has 0 unspecified atom stereocenters. The van der Waals surface area contributed by atoms with Crippen LogP contribution in [0.1, 0.15) is 25.0 Å². The Kier molecular flexibility index (Phi) is 6.33. The SMILES string of the molecule is CC1(C)c2ccccc2-c2ccc(-n3c4ccccc4c4c(-c5ccc6c(c5)c5ccccc5n6-c5ccc(-c6ccccc6)cc5)cccc43)cc21. The predicted octanol–water partition coefficient (Wildman–Crippen LogP) is 13.5. The highest BCUT2D eigenvalue weighted by atomic mass is 15.0. The van der Waals surface area contributed by atoms with E-state index in [2.05, 4.69) is 205 Å². The Hall–Kier alpha value is -6.64. The van der Waals surface area contributed by atoms with E-state index in [9.17, 15) is 0 Å². The lowest BCUT2D eigenvalue weighted by Crippen LogP contribution is -2.15. The fraction of sp³-hybridized carbons (Fsp3) is 0.0588. The Morgan fingerprint density at radius 2 is 0.906 bits per heavy atom. The topological polar surface area (TPSA) is 9.86 Å². The zero-order valence-corrected chi connectivity index (χ0v) is 29.7. The molecule has 2 heterocycles. The molecule has 53 heavy (non-hydrogen) atoms. The van der Waals surface area contributed by atoms with Crippen molar-refractivity contribution >= 4 is 43.6 Å². The molecule has 0 saturated heterocycles. The molecule has 0 fully saturated rings. The number of nitrogens with zero attached hydrogens (tertiary/aromatic N) is 2. The van der Waals surface area contributed by atoms with Gasteiger partial charge in [-0.1, -0.05) is 141 Å². The van der Waals surface area contributed by atoms with Crippen molar-refractivity contribution in [1.29, 1.82) is 0 Å². The van der Waals surface area contributed by atoms with Crippen molar-refractivity contribution in [3.05, 3.63) is 193 Å². The van der Waals surface area contributed by atoms with E-state index in [1.54, 1.807) is 0 Å². The molecule has 0 amide bonds. The van der Waals surface area contributed by atoms with Crippen molar-refractivity contribution in [1.82, 2.24) is 9.13 Å². The molecule has 0 aliphatic heterocycles. The van der Waals surface area contributed by atoms with Gasteiger partial charge in [0, 0.05) is 38.3 Å². The number of aromatic nitrogens is 2. The van der Waals surface area contributed by atoms with E-state index in [1.165, 1.54) is 93.8 Å². The normalized spacial score (nSPS) is 13.2. The Morgan fingerprint density at radius 3 is 1.74 bits per heavy atom. The summed E-state index contributed by atoms with van der Waals surface area (Å²) in [5.41, 5.74) is 17.6. The van der Waals surface area contributed by atoms with Crippen LogP contribution in [-0.2, 0) is 5.41 Å². The molecule has 1 aliphatic carbocycles. The average Bonchev–Trinajstić information content (AvgIpc) is 3.81. The standard InChI is InChI=1S/C51H36N2/c1-51(2)44-19-9-6-15-39(44)40-29-28-37(32-45(40)51)53-47-21-11-8-17-42(47)50-38(18-12-22-49(50)53)35-25-30-48-43(31-35)41-16-7-10-20-46(41)52(48)36-26-23-34(24-27-36)33-13-4-3-5-14-33/h3-32H,1-2H3. The molecule has 250 valence electrons. The van der Waals surface area contributed by atoms with Gasteiger partial charge in [-0.2, -0.15) is 0 Å². The number of hydrogen-bond donors (Lipinski definition) is 0. The second-order valence-electron chi connectivity index (χ2n) is 15.0. The van der Waals surface area contributed by atoms with Gasteiger partial charge >= 0.3 is 0 Å². The van der Waals surface area contributed by atoms with Gasteiger partial charge in [0.15, 0.2) is 0 Å². The number of rotatable bonds is 4. The predicted molar refractivity (Wildman–Crippen MR) is 224 cm³/mol. The Labute approximate surface area is 308 Å². The van der Waals surface area contributed by atoms with Gasteiger partial charge in [-0.05, 0) is 99.1 Å². The zero-order chi connectivity index (χ0) is 35.3. The molecule has 0 saturated carbocycles. The number of hydrogen-bond acceptors (Lipinski definition) is 0. The van der Waals surface area contributed by atoms with Crippen LogP contribution in [0.5, 0.6) is 0 Å². The van der Waals surface area contributed by atoms with Crippen LogP contribution in [0, 0.1) is 0 Å². The van der Waals surface area contributed by atoms with Gasteiger partial charge in [-0.3, -0.25) is 0 Å². The summed E-state index contributed by atoms with van der Waals surface area (Å²) >= 11 is 0. The summed E-state index contributed by atoms with van der Waals surface area (Å²) in [6.45, 7) is 4.72. The molecule has 8 aromatic carbocycles. The average molecular weight is 677 g/mol. The Bertz CT molecular complexity index is 3060. The minimum absolute atomic E-state index is 0.0651. The summed E-state index contributed by atoms with van der Waals surface area (Å²) in [4.78, 5) is 0. The van der Waals surface area contributed by atoms with E-state index in [0.717, 1.165) is 5.69 Å². The summed E-state index contributed by atoms with van der Waals surface area (Å²) in [5, 5.41) is 5.06. The van der Waals surface area contributed by atoms with Crippen LogP contribution >= 0.6 is 0 Å². The third-order valence-electron chi connectivity index (χ3n) is 11.7. The first-order valence-corrected chi connectivity index (χ1v) is 18.5. The van der Waals surface area contributed by atoms with E-state index in [4.69, 9.17) is 0 Å². The van der Waals surface area contributed by atoms with Crippen LogP contribution in [-0.4, -0.2) is 9.13 Å². The Morgan fingerprint density at radius 1 is 0.340 bits per heavy atom. The summed E-state index contributed by atoms with van der Waals surface area (Å²) in [6, 6.07) is 67.0. The lowest BCUT2D eigenvalue weighted by Gasteiger charge is -2.22. The third-order valence-corrected chi connectivity index (χ3v) is 11.7. The summed E-state index contributed by atoms with van der Waals surface area (Å²) in [5.74, 6) is 0. The lowest BCUT2D eigenvalue weighted by atomic mass is 9.82. The molecular formula is C51H36N2. The van der Waals surface area contributed by atoms with Crippen molar-refractivity contribution < 1.29 is 0 Å². The molecule has 2 heteroatoms. The molecule has 2 aromatic heterocycles. The van der Waals surface area contributed by atoms with Crippen molar-refractivity contribution in [3.63, 3.8) is 0 Å². The molecule has 10 aromatic rings. The maximum absolute atomic E-state index is 2.47. The molecule has 0 radical (unpaired) electrons. The van der Waals surface area contributed by atoms with Gasteiger partial charge in [0.05, 0.1) is 22.1 Å². The largest absolute Gasteiger partial charge is 0.309 e. The minimum Gasteiger partial charge on any atom is -0.309 e. The van der Waals surface area contributed by atoms with E-state index in [1.807, 2.05) is 0 Å². The van der Waals surface area contributed by atoms with Crippen molar-refractivity contribution in [3.8, 4) is 44.8 Å². The van der Waals surface area contributed by atoms with Gasteiger partial charge in [0.1, 0.15) is 0 Å². The maximum Gasteiger partial charge on any atom is 0.0547 e. The van der Waals surface area contributed by atoms with Crippen LogP contribution in [0.2, 0.25) is 0 Å². The molecule has 11 rings (SSSR count). The van der Waals surface area contributed by atoms with Gasteiger partial charge in [0.25, 0.3) is 0 Å². The summed E-state index contributed by atoms with van der Waals surface area (Å²) in [6.07, 6.45) is 0. The van der Waals surface area contributed by atoms with Crippen LogP contribution in [0.3, 0.4) is 0 Å². The van der Waals surface area contributed by atoms with E-state index in [-0.39, 0.29) is 5.41 Å². The molecule has 1 aliphatic rings. The smallest absolute Gasteiger partial charge is 0.0547 e. The van der Waals surface area contributed by atoms with Gasteiger partial charge in [-0.25, -0.2) is 0 Å². The van der Waals surface area contributed by atoms with Gasteiger partial charge in [-0.15, -0.1) is 0 Å². The van der Waals surface area contributed by atoms with E-state index < -0.39 is 0 Å². The molecule has 0 bridgehead atoms. The number of benzene rings is 8. The quantitative estimate of drug-likeness (QED) is 0.176. The monoisotopic (exact) mass is 676 g/mol. The van der Waals surface area contributed by atoms with Crippen molar-refractivity contribution in [2.75, 3.05) is 0 Å². The fourth-order valence-corrected chi connectivity index (χ4v) is 9.22. The van der Waals surface area contributed by atoms with Crippen LogP contribution in [0.25, 0.3) is 88.4 Å². The first-order chi connectivity index (χ1) is 26.1. The highest BCUT2D eigenvalue weighted by Gasteiger charge is 2.35. The maximum atomic E-state index is 2.47. The highest BCUT2D eigenvalue weighted by molar-refractivity contribution is 6.17. The zero-order valence-electron chi connectivity index (χ0n) is 29.7.